The summed E-state index contributed by atoms with van der Waals surface area (Å²) < 4.78 is 0. The third-order valence-electron chi connectivity index (χ3n) is 3.45. The molecule has 0 spiro atoms. The largest absolute Gasteiger partial charge is 0.342 e. The molecular weight excluding hydrogens is 224 g/mol. The number of H-pyrrole nitrogens is 1. The summed E-state index contributed by atoms with van der Waals surface area (Å²) in [6.07, 6.45) is 10.4. The molecule has 4 nitrogen and oxygen atoms in total. The van der Waals surface area contributed by atoms with Crippen molar-refractivity contribution in [1.29, 1.82) is 0 Å². The topological polar surface area (TPSA) is 53.6 Å². The van der Waals surface area contributed by atoms with E-state index in [1.807, 2.05) is 24.5 Å². The molecule has 0 aromatic carbocycles. The number of pyridine rings is 1. The van der Waals surface area contributed by atoms with Gasteiger partial charge in [0.1, 0.15) is 5.82 Å². The highest BCUT2D eigenvalue weighted by molar-refractivity contribution is 5.56. The van der Waals surface area contributed by atoms with Gasteiger partial charge in [0, 0.05) is 30.4 Å². The van der Waals surface area contributed by atoms with Gasteiger partial charge in [0.05, 0.1) is 11.9 Å². The molecule has 1 aliphatic heterocycles. The minimum atomic E-state index is 0.576. The van der Waals surface area contributed by atoms with Gasteiger partial charge < -0.3 is 10.3 Å². The predicted molar refractivity (Wildman–Crippen MR) is 71.2 cm³/mol. The highest BCUT2D eigenvalue weighted by Crippen LogP contribution is 2.17. The number of hydrogen-bond donors (Lipinski definition) is 2. The zero-order valence-corrected chi connectivity index (χ0v) is 10.4. The maximum atomic E-state index is 4.46. The van der Waals surface area contributed by atoms with Crippen molar-refractivity contribution in [3.63, 3.8) is 0 Å². The van der Waals surface area contributed by atoms with Crippen molar-refractivity contribution in [2.24, 2.45) is 0 Å². The molecule has 0 aliphatic carbocycles. The summed E-state index contributed by atoms with van der Waals surface area (Å²) in [6.45, 7) is 1.14. The van der Waals surface area contributed by atoms with Gasteiger partial charge in [0.2, 0.25) is 0 Å². The second-order valence-electron chi connectivity index (χ2n) is 4.84. The van der Waals surface area contributed by atoms with Crippen LogP contribution in [0.4, 0.5) is 0 Å². The SMILES string of the molecule is c1cncc(-c2cnc(CC3CCCCN3)[nH]2)c1. The van der Waals surface area contributed by atoms with E-state index in [0.717, 1.165) is 30.0 Å². The first-order valence-corrected chi connectivity index (χ1v) is 6.59. The Hall–Kier alpha value is -1.68. The van der Waals surface area contributed by atoms with Crippen LogP contribution in [0.15, 0.2) is 30.7 Å². The van der Waals surface area contributed by atoms with E-state index in [-0.39, 0.29) is 0 Å². The highest BCUT2D eigenvalue weighted by atomic mass is 15.0. The van der Waals surface area contributed by atoms with E-state index in [4.69, 9.17) is 0 Å². The molecule has 1 atom stereocenters. The number of imidazole rings is 1. The van der Waals surface area contributed by atoms with Gasteiger partial charge in [0.25, 0.3) is 0 Å². The third kappa shape index (κ3) is 2.59. The summed E-state index contributed by atoms with van der Waals surface area (Å²) >= 11 is 0. The molecule has 2 aromatic heterocycles. The predicted octanol–water partition coefficient (Wildman–Crippen LogP) is 2.16. The molecule has 1 aliphatic rings. The molecule has 2 N–H and O–H groups in total. The molecule has 0 radical (unpaired) electrons. The van der Waals surface area contributed by atoms with E-state index in [2.05, 4.69) is 20.3 Å². The summed E-state index contributed by atoms with van der Waals surface area (Å²) in [5, 5.41) is 3.54. The molecule has 3 rings (SSSR count). The van der Waals surface area contributed by atoms with Crippen LogP contribution in [-0.4, -0.2) is 27.5 Å². The van der Waals surface area contributed by atoms with Gasteiger partial charge in [-0.1, -0.05) is 6.42 Å². The van der Waals surface area contributed by atoms with Crippen molar-refractivity contribution in [3.05, 3.63) is 36.5 Å². The zero-order valence-electron chi connectivity index (χ0n) is 10.4. The van der Waals surface area contributed by atoms with Gasteiger partial charge in [-0.05, 0) is 31.5 Å². The fraction of sp³-hybridized carbons (Fsp3) is 0.429. The average Bonchev–Trinajstić information content (AvgIpc) is 2.89. The fourth-order valence-electron chi connectivity index (χ4n) is 2.47. The van der Waals surface area contributed by atoms with Crippen LogP contribution in [0, 0.1) is 0 Å². The van der Waals surface area contributed by atoms with Crippen LogP contribution in [0.25, 0.3) is 11.3 Å². The molecule has 0 bridgehead atoms. The molecule has 4 heteroatoms. The molecule has 1 fully saturated rings. The Balaban J connectivity index is 1.69. The second-order valence-corrected chi connectivity index (χ2v) is 4.84. The summed E-state index contributed by atoms with van der Waals surface area (Å²) in [4.78, 5) is 12.0. The normalized spacial score (nSPS) is 19.9. The van der Waals surface area contributed by atoms with E-state index in [1.165, 1.54) is 19.3 Å². The molecule has 1 unspecified atom stereocenters. The minimum absolute atomic E-state index is 0.576. The van der Waals surface area contributed by atoms with Gasteiger partial charge in [-0.15, -0.1) is 0 Å². The average molecular weight is 242 g/mol. The van der Waals surface area contributed by atoms with Gasteiger partial charge >= 0.3 is 0 Å². The van der Waals surface area contributed by atoms with Gasteiger partial charge in [-0.2, -0.15) is 0 Å². The Morgan fingerprint density at radius 3 is 3.06 bits per heavy atom. The smallest absolute Gasteiger partial charge is 0.108 e. The van der Waals surface area contributed by atoms with E-state index in [9.17, 15) is 0 Å². The molecule has 0 amide bonds. The maximum absolute atomic E-state index is 4.46. The Morgan fingerprint density at radius 1 is 1.28 bits per heavy atom. The minimum Gasteiger partial charge on any atom is -0.342 e. The Bertz CT molecular complexity index is 486. The van der Waals surface area contributed by atoms with Gasteiger partial charge in [-0.3, -0.25) is 4.98 Å². The number of nitrogens with zero attached hydrogens (tertiary/aromatic N) is 2. The Morgan fingerprint density at radius 2 is 2.28 bits per heavy atom. The van der Waals surface area contributed by atoms with Crippen LogP contribution in [0.1, 0.15) is 25.1 Å². The van der Waals surface area contributed by atoms with Crippen LogP contribution in [0.5, 0.6) is 0 Å². The number of nitrogens with one attached hydrogen (secondary N) is 2. The first-order valence-electron chi connectivity index (χ1n) is 6.59. The van der Waals surface area contributed by atoms with E-state index in [1.54, 1.807) is 6.20 Å². The van der Waals surface area contributed by atoms with Crippen molar-refractivity contribution in [1.82, 2.24) is 20.3 Å². The van der Waals surface area contributed by atoms with Crippen molar-refractivity contribution in [2.75, 3.05) is 6.54 Å². The molecule has 1 saturated heterocycles. The molecule has 18 heavy (non-hydrogen) atoms. The summed E-state index contributed by atoms with van der Waals surface area (Å²) in [6, 6.07) is 4.56. The first-order chi connectivity index (χ1) is 8.92. The van der Waals surface area contributed by atoms with Crippen molar-refractivity contribution in [3.8, 4) is 11.3 Å². The Labute approximate surface area is 107 Å². The van der Waals surface area contributed by atoms with Crippen molar-refractivity contribution < 1.29 is 0 Å². The van der Waals surface area contributed by atoms with Crippen LogP contribution >= 0.6 is 0 Å². The van der Waals surface area contributed by atoms with E-state index < -0.39 is 0 Å². The lowest BCUT2D eigenvalue weighted by molar-refractivity contribution is 0.395. The maximum Gasteiger partial charge on any atom is 0.108 e. The standard InChI is InChI=1S/C14H18N4/c1-2-7-16-12(5-1)8-14-17-10-13(18-14)11-4-3-6-15-9-11/h3-4,6,9-10,12,16H,1-2,5,7-8H2,(H,17,18). The monoisotopic (exact) mass is 242 g/mol. The van der Waals surface area contributed by atoms with Crippen LogP contribution < -0.4 is 5.32 Å². The lowest BCUT2D eigenvalue weighted by Gasteiger charge is -2.22. The summed E-state index contributed by atoms with van der Waals surface area (Å²) in [5.74, 6) is 1.06. The molecule has 0 saturated carbocycles. The molecular formula is C14H18N4. The highest BCUT2D eigenvalue weighted by Gasteiger charge is 2.14. The third-order valence-corrected chi connectivity index (χ3v) is 3.45. The van der Waals surface area contributed by atoms with E-state index in [0.29, 0.717) is 6.04 Å². The van der Waals surface area contributed by atoms with Crippen molar-refractivity contribution in [2.45, 2.75) is 31.7 Å². The van der Waals surface area contributed by atoms with Crippen molar-refractivity contribution >= 4 is 0 Å². The second kappa shape index (κ2) is 5.31. The quantitative estimate of drug-likeness (QED) is 0.867. The number of rotatable bonds is 3. The summed E-state index contributed by atoms with van der Waals surface area (Å²) in [5.41, 5.74) is 2.14. The molecule has 2 aromatic rings. The molecule has 94 valence electrons. The number of aromatic nitrogens is 3. The summed E-state index contributed by atoms with van der Waals surface area (Å²) in [7, 11) is 0. The van der Waals surface area contributed by atoms with Crippen LogP contribution in [0.2, 0.25) is 0 Å². The van der Waals surface area contributed by atoms with Gasteiger partial charge in [-0.25, -0.2) is 4.98 Å². The van der Waals surface area contributed by atoms with Crippen LogP contribution in [0.3, 0.4) is 0 Å². The van der Waals surface area contributed by atoms with Gasteiger partial charge in [0.15, 0.2) is 0 Å². The number of piperidine rings is 1. The number of hydrogen-bond acceptors (Lipinski definition) is 3. The Kier molecular flexibility index (Phi) is 3.37. The van der Waals surface area contributed by atoms with Crippen LogP contribution in [-0.2, 0) is 6.42 Å². The van der Waals surface area contributed by atoms with E-state index >= 15 is 0 Å². The lowest BCUT2D eigenvalue weighted by atomic mass is 10.0. The first kappa shape index (κ1) is 11.4. The zero-order chi connectivity index (χ0) is 12.2. The fourth-order valence-corrected chi connectivity index (χ4v) is 2.47. The number of aromatic amines is 1. The molecule has 3 heterocycles. The lowest BCUT2D eigenvalue weighted by Crippen LogP contribution is -2.35.